The lowest BCUT2D eigenvalue weighted by atomic mass is 9.98. The van der Waals surface area contributed by atoms with Gasteiger partial charge in [0.2, 0.25) is 0 Å². The van der Waals surface area contributed by atoms with Crippen molar-refractivity contribution >= 4 is 65.2 Å². The topological polar surface area (TPSA) is 9.86 Å². The lowest BCUT2D eigenvalue weighted by molar-refractivity contribution is 1.16. The molecule has 8 aromatic carbocycles. The van der Waals surface area contributed by atoms with Crippen molar-refractivity contribution in [2.24, 2.45) is 0 Å². The van der Waals surface area contributed by atoms with E-state index >= 15 is 0 Å². The fraction of sp³-hybridized carbons (Fsp3) is 0. The maximum atomic E-state index is 2.50. The average molecular weight is 585 g/mol. The number of rotatable bonds is 3. The Morgan fingerprint density at radius 1 is 0.304 bits per heavy atom. The molecule has 46 heavy (non-hydrogen) atoms. The summed E-state index contributed by atoms with van der Waals surface area (Å²) in [5.74, 6) is 0. The normalized spacial score (nSPS) is 11.9. The van der Waals surface area contributed by atoms with Crippen LogP contribution in [-0.4, -0.2) is 9.13 Å². The molecule has 2 heteroatoms. The number of benzene rings is 8. The molecule has 0 fully saturated rings. The maximum absolute atomic E-state index is 2.50. The number of hydrogen-bond donors (Lipinski definition) is 0. The molecule has 2 heterocycles. The molecule has 0 amide bonds. The highest BCUT2D eigenvalue weighted by molar-refractivity contribution is 6.24. The van der Waals surface area contributed by atoms with Gasteiger partial charge in [-0.3, -0.25) is 0 Å². The Labute approximate surface area is 266 Å². The van der Waals surface area contributed by atoms with Crippen molar-refractivity contribution in [3.8, 4) is 22.5 Å². The molecule has 0 saturated heterocycles. The standard InChI is InChI=1S/C44H28N2/c1-3-15-33-29(11-1)13-9-19-34(33)31-23-25-32(26-24-31)45-41-20-7-5-17-36(41)38-27-28-39-37-18-6-8-21-42(37)46(44(39)43(38)45)40-22-10-14-30-12-2-4-16-35(30)40/h1-28H. The highest BCUT2D eigenvalue weighted by atomic mass is 15.0. The van der Waals surface area contributed by atoms with Gasteiger partial charge < -0.3 is 9.13 Å². The Morgan fingerprint density at radius 2 is 0.804 bits per heavy atom. The van der Waals surface area contributed by atoms with Crippen molar-refractivity contribution < 1.29 is 0 Å². The van der Waals surface area contributed by atoms with Gasteiger partial charge in [-0.15, -0.1) is 0 Å². The fourth-order valence-corrected chi connectivity index (χ4v) is 7.69. The van der Waals surface area contributed by atoms with Crippen LogP contribution in [0.1, 0.15) is 0 Å². The van der Waals surface area contributed by atoms with Crippen LogP contribution < -0.4 is 0 Å². The molecule has 0 saturated carbocycles. The lowest BCUT2D eigenvalue weighted by Gasteiger charge is -2.15. The molecule has 10 aromatic rings. The van der Waals surface area contributed by atoms with Gasteiger partial charge in [0, 0.05) is 32.6 Å². The summed E-state index contributed by atoms with van der Waals surface area (Å²) in [4.78, 5) is 0. The van der Waals surface area contributed by atoms with E-state index < -0.39 is 0 Å². The SMILES string of the molecule is c1ccc2c(-c3ccc(-n4c5ccccc5c5ccc6c7ccccc7n(-c7cccc8ccccc78)c6c54)cc3)cccc2c1. The minimum atomic E-state index is 1.15. The van der Waals surface area contributed by atoms with E-state index in [9.17, 15) is 0 Å². The average Bonchev–Trinajstić information content (AvgIpc) is 3.64. The van der Waals surface area contributed by atoms with Crippen LogP contribution in [0.3, 0.4) is 0 Å². The maximum Gasteiger partial charge on any atom is 0.0789 e. The van der Waals surface area contributed by atoms with Crippen LogP contribution in [0.5, 0.6) is 0 Å². The molecule has 10 rings (SSSR count). The summed E-state index contributed by atoms with van der Waals surface area (Å²) >= 11 is 0. The summed E-state index contributed by atoms with van der Waals surface area (Å²) in [6, 6.07) is 62.0. The molecule has 0 unspecified atom stereocenters. The van der Waals surface area contributed by atoms with Crippen molar-refractivity contribution in [1.29, 1.82) is 0 Å². The molecule has 0 bridgehead atoms. The van der Waals surface area contributed by atoms with Gasteiger partial charge in [-0.1, -0.05) is 140 Å². The van der Waals surface area contributed by atoms with E-state index in [1.165, 1.54) is 82.0 Å². The van der Waals surface area contributed by atoms with Crippen LogP contribution >= 0.6 is 0 Å². The summed E-state index contributed by atoms with van der Waals surface area (Å²) in [6.45, 7) is 0. The molecule has 0 atom stereocenters. The third-order valence-corrected chi connectivity index (χ3v) is 9.70. The number of para-hydroxylation sites is 2. The van der Waals surface area contributed by atoms with Gasteiger partial charge in [0.1, 0.15) is 0 Å². The van der Waals surface area contributed by atoms with Gasteiger partial charge in [0.15, 0.2) is 0 Å². The predicted octanol–water partition coefficient (Wildman–Crippen LogP) is 11.9. The highest BCUT2D eigenvalue weighted by Gasteiger charge is 2.21. The summed E-state index contributed by atoms with van der Waals surface area (Å²) in [6.07, 6.45) is 0. The summed E-state index contributed by atoms with van der Waals surface area (Å²) in [7, 11) is 0. The smallest absolute Gasteiger partial charge is 0.0789 e. The van der Waals surface area contributed by atoms with Crippen LogP contribution in [0, 0.1) is 0 Å². The van der Waals surface area contributed by atoms with E-state index in [0.29, 0.717) is 0 Å². The first kappa shape index (κ1) is 25.2. The quantitative estimate of drug-likeness (QED) is 0.195. The number of aromatic nitrogens is 2. The number of fused-ring (bicyclic) bond motifs is 9. The predicted molar refractivity (Wildman–Crippen MR) is 196 cm³/mol. The highest BCUT2D eigenvalue weighted by Crippen LogP contribution is 2.42. The minimum absolute atomic E-state index is 1.15. The van der Waals surface area contributed by atoms with E-state index in [-0.39, 0.29) is 0 Å². The lowest BCUT2D eigenvalue weighted by Crippen LogP contribution is -1.99. The van der Waals surface area contributed by atoms with Crippen LogP contribution in [0.25, 0.3) is 87.7 Å². The Kier molecular flexibility index (Phi) is 5.31. The van der Waals surface area contributed by atoms with E-state index in [1.54, 1.807) is 0 Å². The number of nitrogens with zero attached hydrogens (tertiary/aromatic N) is 2. The van der Waals surface area contributed by atoms with Gasteiger partial charge in [0.05, 0.1) is 27.8 Å². The third-order valence-electron chi connectivity index (χ3n) is 9.70. The first-order valence-corrected chi connectivity index (χ1v) is 15.9. The van der Waals surface area contributed by atoms with E-state index in [4.69, 9.17) is 0 Å². The van der Waals surface area contributed by atoms with Crippen LogP contribution in [0.4, 0.5) is 0 Å². The number of hydrogen-bond acceptors (Lipinski definition) is 0. The van der Waals surface area contributed by atoms with Crippen LogP contribution in [-0.2, 0) is 0 Å². The molecule has 0 aliphatic rings. The van der Waals surface area contributed by atoms with Crippen LogP contribution in [0.15, 0.2) is 170 Å². The van der Waals surface area contributed by atoms with Gasteiger partial charge in [-0.25, -0.2) is 0 Å². The monoisotopic (exact) mass is 584 g/mol. The molecule has 214 valence electrons. The van der Waals surface area contributed by atoms with Crippen molar-refractivity contribution in [3.63, 3.8) is 0 Å². The molecular weight excluding hydrogens is 556 g/mol. The van der Waals surface area contributed by atoms with E-state index in [1.807, 2.05) is 0 Å². The molecule has 0 aliphatic heterocycles. The molecule has 0 radical (unpaired) electrons. The van der Waals surface area contributed by atoms with Crippen molar-refractivity contribution in [2.75, 3.05) is 0 Å². The summed E-state index contributed by atoms with van der Waals surface area (Å²) < 4.78 is 4.97. The Hall–Kier alpha value is -6.12. The Morgan fingerprint density at radius 3 is 1.50 bits per heavy atom. The second-order valence-electron chi connectivity index (χ2n) is 12.1. The van der Waals surface area contributed by atoms with Gasteiger partial charge in [0.25, 0.3) is 0 Å². The first-order chi connectivity index (χ1) is 22.8. The van der Waals surface area contributed by atoms with Crippen molar-refractivity contribution in [1.82, 2.24) is 9.13 Å². The van der Waals surface area contributed by atoms with E-state index in [0.717, 1.165) is 5.69 Å². The molecule has 2 aromatic heterocycles. The molecule has 0 N–H and O–H groups in total. The van der Waals surface area contributed by atoms with Gasteiger partial charge in [-0.2, -0.15) is 0 Å². The second-order valence-corrected chi connectivity index (χ2v) is 12.1. The zero-order chi connectivity index (χ0) is 30.2. The zero-order valence-corrected chi connectivity index (χ0v) is 25.1. The van der Waals surface area contributed by atoms with Crippen molar-refractivity contribution in [3.05, 3.63) is 170 Å². The second kappa shape index (κ2) is 9.69. The summed E-state index contributed by atoms with van der Waals surface area (Å²) in [5, 5.41) is 10.0. The third kappa shape index (κ3) is 3.53. The molecule has 0 aliphatic carbocycles. The summed E-state index contributed by atoms with van der Waals surface area (Å²) in [5.41, 5.74) is 9.69. The minimum Gasteiger partial charge on any atom is -0.307 e. The van der Waals surface area contributed by atoms with Crippen LogP contribution in [0.2, 0.25) is 0 Å². The molecule has 0 spiro atoms. The fourth-order valence-electron chi connectivity index (χ4n) is 7.69. The van der Waals surface area contributed by atoms with Gasteiger partial charge in [-0.05, 0) is 57.6 Å². The Balaban J connectivity index is 1.32. The first-order valence-electron chi connectivity index (χ1n) is 15.9. The van der Waals surface area contributed by atoms with Crippen molar-refractivity contribution in [2.45, 2.75) is 0 Å². The largest absolute Gasteiger partial charge is 0.307 e. The Bertz CT molecular complexity index is 2780. The molecular formula is C44H28N2. The van der Waals surface area contributed by atoms with Gasteiger partial charge >= 0.3 is 0 Å². The molecule has 2 nitrogen and oxygen atoms in total. The van der Waals surface area contributed by atoms with E-state index in [2.05, 4.69) is 179 Å². The zero-order valence-electron chi connectivity index (χ0n) is 25.1.